The van der Waals surface area contributed by atoms with E-state index in [4.69, 9.17) is 16.6 Å². The second-order valence-electron chi connectivity index (χ2n) is 3.28. The minimum absolute atomic E-state index is 0.104. The number of nitrogens with two attached hydrogens (primary N) is 2. The second kappa shape index (κ2) is 4.73. The number of carbonyl (C=O) groups is 2. The van der Waals surface area contributed by atoms with Crippen molar-refractivity contribution in [1.82, 2.24) is 0 Å². The summed E-state index contributed by atoms with van der Waals surface area (Å²) in [5.74, 6) is -1.97. The first-order valence-electron chi connectivity index (χ1n) is 4.48. The molecule has 1 amide bonds. The highest BCUT2D eigenvalue weighted by Gasteiger charge is 2.29. The van der Waals surface area contributed by atoms with Gasteiger partial charge in [0, 0.05) is 11.3 Å². The zero-order valence-electron chi connectivity index (χ0n) is 8.33. The first-order valence-corrected chi connectivity index (χ1v) is 4.48. The topological polar surface area (TPSA) is 127 Å². The average Bonchev–Trinajstić information content (AvgIpc) is 2.26. The number of aliphatic hydroxyl groups is 2. The molecule has 0 aliphatic rings. The molecule has 0 aromatic heterocycles. The zero-order valence-corrected chi connectivity index (χ0v) is 8.33. The Kier molecular flexibility index (Phi) is 3.60. The van der Waals surface area contributed by atoms with E-state index in [1.54, 1.807) is 6.07 Å². The fourth-order valence-corrected chi connectivity index (χ4v) is 1.16. The predicted molar refractivity (Wildman–Crippen MR) is 56.4 cm³/mol. The largest absolute Gasteiger partial charge is 0.399 e. The molecule has 86 valence electrons. The molecule has 6 N–H and O–H groups in total. The van der Waals surface area contributed by atoms with Gasteiger partial charge in [-0.3, -0.25) is 9.59 Å². The third-order valence-electron chi connectivity index (χ3n) is 2.03. The van der Waals surface area contributed by atoms with E-state index in [9.17, 15) is 14.7 Å². The van der Waals surface area contributed by atoms with Gasteiger partial charge in [0.1, 0.15) is 0 Å². The number of hydrogen-bond acceptors (Lipinski definition) is 5. The number of rotatable bonds is 4. The van der Waals surface area contributed by atoms with Gasteiger partial charge in [0.25, 0.3) is 0 Å². The van der Waals surface area contributed by atoms with Crippen LogP contribution in [0.4, 0.5) is 5.69 Å². The Morgan fingerprint density at radius 2 is 1.81 bits per heavy atom. The van der Waals surface area contributed by atoms with Gasteiger partial charge in [-0.2, -0.15) is 0 Å². The van der Waals surface area contributed by atoms with Crippen LogP contribution in [-0.4, -0.2) is 34.1 Å². The number of nitrogen functional groups attached to an aromatic ring is 1. The number of carbonyl (C=O) groups excluding carboxylic acids is 2. The molecule has 1 aromatic rings. The van der Waals surface area contributed by atoms with Crippen molar-refractivity contribution in [3.63, 3.8) is 0 Å². The molecule has 0 bridgehead atoms. The van der Waals surface area contributed by atoms with E-state index in [1.165, 1.54) is 18.2 Å². The molecule has 0 saturated heterocycles. The summed E-state index contributed by atoms with van der Waals surface area (Å²) in [5.41, 5.74) is 10.6. The van der Waals surface area contributed by atoms with Crippen LogP contribution in [0.3, 0.4) is 0 Å². The Hall–Kier alpha value is -1.92. The van der Waals surface area contributed by atoms with Gasteiger partial charge in [-0.1, -0.05) is 12.1 Å². The van der Waals surface area contributed by atoms with E-state index >= 15 is 0 Å². The molecule has 0 spiro atoms. The number of Topliss-reactive ketones (excluding diaryl/α,β-unsaturated/α-hetero) is 1. The van der Waals surface area contributed by atoms with Gasteiger partial charge in [-0.05, 0) is 12.1 Å². The van der Waals surface area contributed by atoms with Gasteiger partial charge in [-0.25, -0.2) is 0 Å². The first-order chi connectivity index (χ1) is 7.43. The summed E-state index contributed by atoms with van der Waals surface area (Å²) in [7, 11) is 0. The van der Waals surface area contributed by atoms with Crippen LogP contribution >= 0.6 is 0 Å². The fourth-order valence-electron chi connectivity index (χ4n) is 1.16. The van der Waals surface area contributed by atoms with E-state index in [-0.39, 0.29) is 5.56 Å². The SMILES string of the molecule is NC(=O)C(O)C(O)C(=O)c1cccc(N)c1. The van der Waals surface area contributed by atoms with Crippen molar-refractivity contribution < 1.29 is 19.8 Å². The molecule has 0 fully saturated rings. The predicted octanol–water partition coefficient (Wildman–Crippen LogP) is -1.34. The summed E-state index contributed by atoms with van der Waals surface area (Å²) in [5, 5.41) is 18.5. The Balaban J connectivity index is 2.90. The highest BCUT2D eigenvalue weighted by atomic mass is 16.3. The van der Waals surface area contributed by atoms with Crippen molar-refractivity contribution in [2.24, 2.45) is 5.73 Å². The van der Waals surface area contributed by atoms with Crippen LogP contribution in [-0.2, 0) is 4.79 Å². The average molecular weight is 224 g/mol. The standard InChI is InChI=1S/C10H12N2O4/c11-6-3-1-2-5(4-6)7(13)8(14)9(15)10(12)16/h1-4,8-9,14-15H,11H2,(H2,12,16). The highest BCUT2D eigenvalue weighted by molar-refractivity contribution is 6.03. The lowest BCUT2D eigenvalue weighted by molar-refractivity contribution is -0.130. The maximum absolute atomic E-state index is 11.6. The molecule has 6 nitrogen and oxygen atoms in total. The van der Waals surface area contributed by atoms with E-state index < -0.39 is 23.9 Å². The van der Waals surface area contributed by atoms with Gasteiger partial charge in [-0.15, -0.1) is 0 Å². The molecular weight excluding hydrogens is 212 g/mol. The number of amides is 1. The number of benzene rings is 1. The third kappa shape index (κ3) is 2.56. The summed E-state index contributed by atoms with van der Waals surface area (Å²) in [6.07, 6.45) is -3.80. The Bertz CT molecular complexity index is 419. The number of anilines is 1. The second-order valence-corrected chi connectivity index (χ2v) is 3.28. The lowest BCUT2D eigenvalue weighted by Gasteiger charge is -2.13. The third-order valence-corrected chi connectivity index (χ3v) is 2.03. The smallest absolute Gasteiger partial charge is 0.249 e. The molecule has 0 radical (unpaired) electrons. The molecule has 0 aliphatic heterocycles. The zero-order chi connectivity index (χ0) is 12.3. The number of ketones is 1. The van der Waals surface area contributed by atoms with Crippen molar-refractivity contribution in [3.8, 4) is 0 Å². The maximum Gasteiger partial charge on any atom is 0.249 e. The summed E-state index contributed by atoms with van der Waals surface area (Å²) in [4.78, 5) is 22.1. The molecule has 0 aliphatic carbocycles. The quantitative estimate of drug-likeness (QED) is 0.372. The summed E-state index contributed by atoms with van der Waals surface area (Å²) in [6, 6.07) is 5.83. The van der Waals surface area contributed by atoms with Gasteiger partial charge >= 0.3 is 0 Å². The molecule has 2 atom stereocenters. The van der Waals surface area contributed by atoms with Crippen LogP contribution in [0.25, 0.3) is 0 Å². The van der Waals surface area contributed by atoms with E-state index in [0.29, 0.717) is 5.69 Å². The van der Waals surface area contributed by atoms with Crippen LogP contribution in [0.2, 0.25) is 0 Å². The lowest BCUT2D eigenvalue weighted by Crippen LogP contribution is -2.43. The molecule has 1 aromatic carbocycles. The van der Waals surface area contributed by atoms with Crippen LogP contribution < -0.4 is 11.5 Å². The molecule has 1 rings (SSSR count). The molecule has 0 saturated carbocycles. The minimum atomic E-state index is -1.92. The van der Waals surface area contributed by atoms with Crippen molar-refractivity contribution in [2.75, 3.05) is 5.73 Å². The first kappa shape index (κ1) is 12.2. The summed E-state index contributed by atoms with van der Waals surface area (Å²) >= 11 is 0. The van der Waals surface area contributed by atoms with Crippen molar-refractivity contribution >= 4 is 17.4 Å². The number of aliphatic hydroxyl groups excluding tert-OH is 2. The molecule has 6 heteroatoms. The van der Waals surface area contributed by atoms with Crippen LogP contribution in [0.15, 0.2) is 24.3 Å². The van der Waals surface area contributed by atoms with Crippen molar-refractivity contribution in [1.29, 1.82) is 0 Å². The lowest BCUT2D eigenvalue weighted by atomic mass is 10.0. The van der Waals surface area contributed by atoms with Gasteiger partial charge in [0.05, 0.1) is 0 Å². The Morgan fingerprint density at radius 1 is 1.19 bits per heavy atom. The van der Waals surface area contributed by atoms with Gasteiger partial charge < -0.3 is 21.7 Å². The van der Waals surface area contributed by atoms with Crippen molar-refractivity contribution in [3.05, 3.63) is 29.8 Å². The highest BCUT2D eigenvalue weighted by Crippen LogP contribution is 2.10. The number of primary amides is 1. The fraction of sp³-hybridized carbons (Fsp3) is 0.200. The molecular formula is C10H12N2O4. The maximum atomic E-state index is 11.6. The van der Waals surface area contributed by atoms with Crippen LogP contribution in [0, 0.1) is 0 Å². The number of hydrogen-bond donors (Lipinski definition) is 4. The normalized spacial score (nSPS) is 14.1. The Morgan fingerprint density at radius 3 is 2.31 bits per heavy atom. The van der Waals surface area contributed by atoms with Crippen LogP contribution in [0.1, 0.15) is 10.4 Å². The van der Waals surface area contributed by atoms with Crippen molar-refractivity contribution in [2.45, 2.75) is 12.2 Å². The van der Waals surface area contributed by atoms with E-state index in [2.05, 4.69) is 0 Å². The summed E-state index contributed by atoms with van der Waals surface area (Å²) < 4.78 is 0. The van der Waals surface area contributed by atoms with Gasteiger partial charge in [0.15, 0.2) is 18.0 Å². The van der Waals surface area contributed by atoms with E-state index in [1.807, 2.05) is 0 Å². The summed E-state index contributed by atoms with van der Waals surface area (Å²) in [6.45, 7) is 0. The Labute approximate surface area is 91.5 Å². The molecule has 0 heterocycles. The minimum Gasteiger partial charge on any atom is -0.399 e. The van der Waals surface area contributed by atoms with Crippen LogP contribution in [0.5, 0.6) is 0 Å². The molecule has 2 unspecified atom stereocenters. The monoisotopic (exact) mass is 224 g/mol. The van der Waals surface area contributed by atoms with E-state index in [0.717, 1.165) is 0 Å². The molecule has 16 heavy (non-hydrogen) atoms. The van der Waals surface area contributed by atoms with Gasteiger partial charge in [0.2, 0.25) is 5.91 Å².